The van der Waals surface area contributed by atoms with Gasteiger partial charge in [0.05, 0.1) is 7.11 Å². The highest BCUT2D eigenvalue weighted by molar-refractivity contribution is 5.38. The van der Waals surface area contributed by atoms with E-state index in [9.17, 15) is 0 Å². The van der Waals surface area contributed by atoms with Gasteiger partial charge >= 0.3 is 0 Å². The standard InChI is InChI=1S/C16H27NO2/c1-13(2)14-6-7-16(19-3)15(12-14)8-10-17-9-4-5-11-18/h6-7,12-13,17-18H,4-5,8-11H2,1-3H3. The Kier molecular flexibility index (Phi) is 7.53. The Hall–Kier alpha value is -1.06. The van der Waals surface area contributed by atoms with Gasteiger partial charge in [0.1, 0.15) is 5.75 Å². The lowest BCUT2D eigenvalue weighted by Crippen LogP contribution is -2.19. The largest absolute Gasteiger partial charge is 0.496 e. The van der Waals surface area contributed by atoms with Crippen LogP contribution in [0.3, 0.4) is 0 Å². The second-order valence-corrected chi connectivity index (χ2v) is 5.16. The van der Waals surface area contributed by atoms with Gasteiger partial charge in [-0.1, -0.05) is 26.0 Å². The van der Waals surface area contributed by atoms with Crippen molar-refractivity contribution in [3.05, 3.63) is 29.3 Å². The number of hydrogen-bond acceptors (Lipinski definition) is 3. The van der Waals surface area contributed by atoms with Gasteiger partial charge in [-0.2, -0.15) is 0 Å². The van der Waals surface area contributed by atoms with Crippen LogP contribution in [-0.4, -0.2) is 31.9 Å². The van der Waals surface area contributed by atoms with Gasteiger partial charge in [-0.15, -0.1) is 0 Å². The maximum atomic E-state index is 8.71. The third kappa shape index (κ3) is 5.62. The fourth-order valence-electron chi connectivity index (χ4n) is 2.06. The fourth-order valence-corrected chi connectivity index (χ4v) is 2.06. The van der Waals surface area contributed by atoms with E-state index in [0.29, 0.717) is 5.92 Å². The molecule has 0 spiro atoms. The van der Waals surface area contributed by atoms with Crippen molar-refractivity contribution in [1.82, 2.24) is 5.32 Å². The van der Waals surface area contributed by atoms with Gasteiger partial charge in [0.2, 0.25) is 0 Å². The third-order valence-corrected chi connectivity index (χ3v) is 3.30. The minimum absolute atomic E-state index is 0.284. The minimum Gasteiger partial charge on any atom is -0.496 e. The van der Waals surface area contributed by atoms with E-state index < -0.39 is 0 Å². The zero-order valence-corrected chi connectivity index (χ0v) is 12.4. The molecule has 0 aromatic heterocycles. The summed E-state index contributed by atoms with van der Waals surface area (Å²) in [5.41, 5.74) is 2.62. The summed E-state index contributed by atoms with van der Waals surface area (Å²) in [6.07, 6.45) is 2.88. The molecular weight excluding hydrogens is 238 g/mol. The van der Waals surface area contributed by atoms with Crippen LogP contribution in [0.4, 0.5) is 0 Å². The first-order chi connectivity index (χ1) is 9.19. The molecule has 3 nitrogen and oxygen atoms in total. The molecule has 1 aromatic carbocycles. The van der Waals surface area contributed by atoms with Crippen LogP contribution in [0, 0.1) is 0 Å². The number of nitrogens with one attached hydrogen (secondary N) is 1. The van der Waals surface area contributed by atoms with Crippen LogP contribution in [-0.2, 0) is 6.42 Å². The first kappa shape index (κ1) is 16.0. The Labute approximate surface area is 117 Å². The number of rotatable bonds is 9. The molecule has 0 aliphatic heterocycles. The zero-order chi connectivity index (χ0) is 14.1. The molecule has 3 heteroatoms. The Morgan fingerprint density at radius 3 is 2.63 bits per heavy atom. The van der Waals surface area contributed by atoms with Crippen LogP contribution in [0.15, 0.2) is 18.2 Å². The molecule has 0 unspecified atom stereocenters. The Morgan fingerprint density at radius 2 is 2.00 bits per heavy atom. The predicted octanol–water partition coefficient (Wildman–Crippen LogP) is 2.72. The van der Waals surface area contributed by atoms with E-state index in [1.54, 1.807) is 7.11 Å². The summed E-state index contributed by atoms with van der Waals surface area (Å²) in [6.45, 7) is 6.61. The quantitative estimate of drug-likeness (QED) is 0.675. The summed E-state index contributed by atoms with van der Waals surface area (Å²) in [7, 11) is 1.72. The Bertz CT molecular complexity index is 364. The molecule has 1 rings (SSSR count). The maximum Gasteiger partial charge on any atom is 0.122 e. The molecule has 0 saturated heterocycles. The van der Waals surface area contributed by atoms with Crippen molar-refractivity contribution in [1.29, 1.82) is 0 Å². The molecule has 0 saturated carbocycles. The van der Waals surface area contributed by atoms with E-state index >= 15 is 0 Å². The molecule has 0 fully saturated rings. The second-order valence-electron chi connectivity index (χ2n) is 5.16. The maximum absolute atomic E-state index is 8.71. The number of ether oxygens (including phenoxy) is 1. The topological polar surface area (TPSA) is 41.5 Å². The van der Waals surface area contributed by atoms with Crippen molar-refractivity contribution in [2.45, 2.75) is 39.0 Å². The predicted molar refractivity (Wildman–Crippen MR) is 80.0 cm³/mol. The normalized spacial score (nSPS) is 11.0. The zero-order valence-electron chi connectivity index (χ0n) is 12.4. The van der Waals surface area contributed by atoms with Crippen molar-refractivity contribution in [2.75, 3.05) is 26.8 Å². The van der Waals surface area contributed by atoms with Crippen molar-refractivity contribution >= 4 is 0 Å². The molecule has 2 N–H and O–H groups in total. The average molecular weight is 265 g/mol. The molecule has 19 heavy (non-hydrogen) atoms. The Morgan fingerprint density at radius 1 is 1.21 bits per heavy atom. The first-order valence-electron chi connectivity index (χ1n) is 7.17. The number of unbranched alkanes of at least 4 members (excludes halogenated alkanes) is 1. The van der Waals surface area contributed by atoms with Crippen LogP contribution >= 0.6 is 0 Å². The van der Waals surface area contributed by atoms with Gasteiger partial charge in [-0.3, -0.25) is 0 Å². The molecule has 0 radical (unpaired) electrons. The molecule has 0 heterocycles. The highest BCUT2D eigenvalue weighted by Crippen LogP contribution is 2.24. The van der Waals surface area contributed by atoms with Crippen molar-refractivity contribution in [2.24, 2.45) is 0 Å². The van der Waals surface area contributed by atoms with Crippen molar-refractivity contribution < 1.29 is 9.84 Å². The molecule has 1 aromatic rings. The fraction of sp³-hybridized carbons (Fsp3) is 0.625. The SMILES string of the molecule is COc1ccc(C(C)C)cc1CCNCCCCO. The van der Waals surface area contributed by atoms with Gasteiger partial charge in [-0.05, 0) is 55.5 Å². The monoisotopic (exact) mass is 265 g/mol. The molecule has 0 aliphatic carbocycles. The summed E-state index contributed by atoms with van der Waals surface area (Å²) in [5, 5.41) is 12.1. The van der Waals surface area contributed by atoms with Crippen LogP contribution < -0.4 is 10.1 Å². The first-order valence-corrected chi connectivity index (χ1v) is 7.17. The molecule has 0 bridgehead atoms. The summed E-state index contributed by atoms with van der Waals surface area (Å²) in [4.78, 5) is 0. The van der Waals surface area contributed by atoms with Crippen LogP contribution in [0.2, 0.25) is 0 Å². The molecule has 0 aliphatic rings. The van der Waals surface area contributed by atoms with Crippen molar-refractivity contribution in [3.63, 3.8) is 0 Å². The van der Waals surface area contributed by atoms with E-state index in [1.165, 1.54) is 11.1 Å². The highest BCUT2D eigenvalue weighted by atomic mass is 16.5. The van der Waals surface area contributed by atoms with Crippen LogP contribution in [0.1, 0.15) is 43.7 Å². The number of methoxy groups -OCH3 is 1. The Balaban J connectivity index is 2.48. The molecular formula is C16H27NO2. The average Bonchev–Trinajstić information content (AvgIpc) is 2.42. The summed E-state index contributed by atoms with van der Waals surface area (Å²) < 4.78 is 5.41. The van der Waals surface area contributed by atoms with E-state index in [2.05, 4.69) is 37.4 Å². The van der Waals surface area contributed by atoms with Crippen LogP contribution in [0.5, 0.6) is 5.75 Å². The lowest BCUT2D eigenvalue weighted by atomic mass is 9.99. The van der Waals surface area contributed by atoms with E-state index in [4.69, 9.17) is 9.84 Å². The number of aliphatic hydroxyl groups excluding tert-OH is 1. The van der Waals surface area contributed by atoms with E-state index in [0.717, 1.165) is 38.1 Å². The van der Waals surface area contributed by atoms with E-state index in [-0.39, 0.29) is 6.61 Å². The van der Waals surface area contributed by atoms with Crippen LogP contribution in [0.25, 0.3) is 0 Å². The van der Waals surface area contributed by atoms with Crippen molar-refractivity contribution in [3.8, 4) is 5.75 Å². The lowest BCUT2D eigenvalue weighted by Gasteiger charge is -2.13. The van der Waals surface area contributed by atoms with E-state index in [1.807, 2.05) is 0 Å². The summed E-state index contributed by atoms with van der Waals surface area (Å²) in [5.74, 6) is 1.52. The molecule has 0 amide bonds. The third-order valence-electron chi connectivity index (χ3n) is 3.30. The summed E-state index contributed by atoms with van der Waals surface area (Å²) in [6, 6.07) is 6.46. The summed E-state index contributed by atoms with van der Waals surface area (Å²) >= 11 is 0. The smallest absolute Gasteiger partial charge is 0.122 e. The number of hydrogen-bond donors (Lipinski definition) is 2. The number of benzene rings is 1. The second kappa shape index (κ2) is 8.94. The molecule has 108 valence electrons. The minimum atomic E-state index is 0.284. The van der Waals surface area contributed by atoms with Gasteiger partial charge in [0.15, 0.2) is 0 Å². The van der Waals surface area contributed by atoms with Gasteiger partial charge in [0.25, 0.3) is 0 Å². The highest BCUT2D eigenvalue weighted by Gasteiger charge is 2.06. The lowest BCUT2D eigenvalue weighted by molar-refractivity contribution is 0.284. The number of aliphatic hydroxyl groups is 1. The molecule has 0 atom stereocenters. The van der Waals surface area contributed by atoms with Gasteiger partial charge in [-0.25, -0.2) is 0 Å². The van der Waals surface area contributed by atoms with Gasteiger partial charge in [0, 0.05) is 6.61 Å². The van der Waals surface area contributed by atoms with Gasteiger partial charge < -0.3 is 15.2 Å².